The Balaban J connectivity index is 1.61. The summed E-state index contributed by atoms with van der Waals surface area (Å²) in [6.07, 6.45) is 5.70. The van der Waals surface area contributed by atoms with Gasteiger partial charge in [-0.05, 0) is 44.8 Å². The highest BCUT2D eigenvalue weighted by Gasteiger charge is 2.31. The standard InChI is InChI=1S/C13H26N2O/c1-2-15-8-5-12(10-15)9-14-11-13(16)6-3-4-7-13/h12,14,16H,2-11H2,1H3. The first-order valence-corrected chi connectivity index (χ1v) is 6.87. The molecule has 94 valence electrons. The van der Waals surface area contributed by atoms with E-state index in [-0.39, 0.29) is 5.60 Å². The van der Waals surface area contributed by atoms with Gasteiger partial charge in [0.1, 0.15) is 0 Å². The van der Waals surface area contributed by atoms with E-state index >= 15 is 0 Å². The van der Waals surface area contributed by atoms with Crippen LogP contribution in [0.2, 0.25) is 0 Å². The third-order valence-corrected chi connectivity index (χ3v) is 4.24. The highest BCUT2D eigenvalue weighted by Crippen LogP contribution is 2.28. The summed E-state index contributed by atoms with van der Waals surface area (Å²) in [4.78, 5) is 2.51. The smallest absolute Gasteiger partial charge is 0.0771 e. The molecule has 0 aromatic heterocycles. The van der Waals surface area contributed by atoms with Crippen molar-refractivity contribution in [3.05, 3.63) is 0 Å². The van der Waals surface area contributed by atoms with Crippen molar-refractivity contribution >= 4 is 0 Å². The zero-order chi connectivity index (χ0) is 11.4. The second kappa shape index (κ2) is 5.48. The largest absolute Gasteiger partial charge is 0.389 e. The lowest BCUT2D eigenvalue weighted by Crippen LogP contribution is -2.40. The Hall–Kier alpha value is -0.120. The summed E-state index contributed by atoms with van der Waals surface area (Å²) in [5.41, 5.74) is -0.386. The fourth-order valence-corrected chi connectivity index (χ4v) is 3.09. The van der Waals surface area contributed by atoms with Crippen LogP contribution in [0.5, 0.6) is 0 Å². The van der Waals surface area contributed by atoms with Crippen LogP contribution in [0.1, 0.15) is 39.0 Å². The number of nitrogens with zero attached hydrogens (tertiary/aromatic N) is 1. The number of aliphatic hydroxyl groups is 1. The third-order valence-electron chi connectivity index (χ3n) is 4.24. The van der Waals surface area contributed by atoms with Crippen molar-refractivity contribution in [2.45, 2.75) is 44.6 Å². The molecule has 0 aromatic carbocycles. The van der Waals surface area contributed by atoms with Crippen LogP contribution in [-0.2, 0) is 0 Å². The van der Waals surface area contributed by atoms with E-state index in [2.05, 4.69) is 17.1 Å². The van der Waals surface area contributed by atoms with Gasteiger partial charge in [-0.3, -0.25) is 0 Å². The first-order valence-electron chi connectivity index (χ1n) is 6.87. The van der Waals surface area contributed by atoms with Gasteiger partial charge in [0.25, 0.3) is 0 Å². The molecule has 2 fully saturated rings. The van der Waals surface area contributed by atoms with Crippen LogP contribution in [0.4, 0.5) is 0 Å². The van der Waals surface area contributed by atoms with Gasteiger partial charge < -0.3 is 15.3 Å². The van der Waals surface area contributed by atoms with Gasteiger partial charge in [-0.25, -0.2) is 0 Å². The van der Waals surface area contributed by atoms with Crippen molar-refractivity contribution < 1.29 is 5.11 Å². The lowest BCUT2D eigenvalue weighted by atomic mass is 10.0. The van der Waals surface area contributed by atoms with Crippen LogP contribution < -0.4 is 5.32 Å². The molecular weight excluding hydrogens is 200 g/mol. The molecule has 1 atom stereocenters. The van der Waals surface area contributed by atoms with Crippen LogP contribution in [-0.4, -0.2) is 48.3 Å². The van der Waals surface area contributed by atoms with Gasteiger partial charge in [0, 0.05) is 13.1 Å². The number of rotatable bonds is 5. The molecule has 0 spiro atoms. The summed E-state index contributed by atoms with van der Waals surface area (Å²) >= 11 is 0. The van der Waals surface area contributed by atoms with Crippen molar-refractivity contribution in [2.75, 3.05) is 32.7 Å². The quantitative estimate of drug-likeness (QED) is 0.740. The molecule has 2 N–H and O–H groups in total. The Kier molecular flexibility index (Phi) is 4.22. The second-order valence-corrected chi connectivity index (χ2v) is 5.61. The Morgan fingerprint density at radius 2 is 2.12 bits per heavy atom. The van der Waals surface area contributed by atoms with E-state index in [1.807, 2.05) is 0 Å². The molecule has 1 saturated carbocycles. The summed E-state index contributed by atoms with van der Waals surface area (Å²) in [5, 5.41) is 13.7. The predicted octanol–water partition coefficient (Wildman–Crippen LogP) is 1.22. The van der Waals surface area contributed by atoms with Crippen LogP contribution >= 0.6 is 0 Å². The monoisotopic (exact) mass is 226 g/mol. The Labute approximate surface area is 99.2 Å². The van der Waals surface area contributed by atoms with E-state index < -0.39 is 0 Å². The molecular formula is C13H26N2O. The first kappa shape index (κ1) is 12.3. The van der Waals surface area contributed by atoms with E-state index in [1.54, 1.807) is 0 Å². The minimum atomic E-state index is -0.386. The Bertz CT molecular complexity index is 214. The normalized spacial score (nSPS) is 30.0. The lowest BCUT2D eigenvalue weighted by Gasteiger charge is -2.23. The maximum Gasteiger partial charge on any atom is 0.0771 e. The highest BCUT2D eigenvalue weighted by molar-refractivity contribution is 4.87. The van der Waals surface area contributed by atoms with E-state index in [0.717, 1.165) is 31.8 Å². The van der Waals surface area contributed by atoms with E-state index in [0.29, 0.717) is 0 Å². The molecule has 1 aliphatic heterocycles. The van der Waals surface area contributed by atoms with Crippen molar-refractivity contribution in [2.24, 2.45) is 5.92 Å². The second-order valence-electron chi connectivity index (χ2n) is 5.61. The topological polar surface area (TPSA) is 35.5 Å². The molecule has 0 aromatic rings. The van der Waals surface area contributed by atoms with Crippen LogP contribution in [0, 0.1) is 5.92 Å². The molecule has 1 aliphatic carbocycles. The van der Waals surface area contributed by atoms with E-state index in [1.165, 1.54) is 38.9 Å². The zero-order valence-corrected chi connectivity index (χ0v) is 10.5. The minimum absolute atomic E-state index is 0.386. The van der Waals surface area contributed by atoms with Crippen LogP contribution in [0.25, 0.3) is 0 Å². The molecule has 2 rings (SSSR count). The lowest BCUT2D eigenvalue weighted by molar-refractivity contribution is 0.0470. The summed E-state index contributed by atoms with van der Waals surface area (Å²) in [5.74, 6) is 0.796. The molecule has 0 radical (unpaired) electrons. The summed E-state index contributed by atoms with van der Waals surface area (Å²) in [6, 6.07) is 0. The Morgan fingerprint density at radius 1 is 1.38 bits per heavy atom. The van der Waals surface area contributed by atoms with Gasteiger partial charge in [-0.2, -0.15) is 0 Å². The molecule has 3 heteroatoms. The fourth-order valence-electron chi connectivity index (χ4n) is 3.09. The molecule has 2 aliphatic rings. The van der Waals surface area contributed by atoms with Gasteiger partial charge in [0.15, 0.2) is 0 Å². The average Bonchev–Trinajstić information content (AvgIpc) is 2.88. The van der Waals surface area contributed by atoms with Gasteiger partial charge in [0.05, 0.1) is 5.60 Å². The third kappa shape index (κ3) is 3.19. The predicted molar refractivity (Wildman–Crippen MR) is 66.5 cm³/mol. The zero-order valence-electron chi connectivity index (χ0n) is 10.5. The SMILES string of the molecule is CCN1CCC(CNCC2(O)CCCC2)C1. The molecule has 16 heavy (non-hydrogen) atoms. The van der Waals surface area contributed by atoms with Crippen molar-refractivity contribution in [3.8, 4) is 0 Å². The van der Waals surface area contributed by atoms with Crippen LogP contribution in [0.3, 0.4) is 0 Å². The molecule has 1 heterocycles. The summed E-state index contributed by atoms with van der Waals surface area (Å²) < 4.78 is 0. The first-order chi connectivity index (χ1) is 7.72. The number of hydrogen-bond acceptors (Lipinski definition) is 3. The van der Waals surface area contributed by atoms with Crippen molar-refractivity contribution in [3.63, 3.8) is 0 Å². The van der Waals surface area contributed by atoms with Gasteiger partial charge in [-0.15, -0.1) is 0 Å². The molecule has 1 unspecified atom stereocenters. The number of nitrogens with one attached hydrogen (secondary N) is 1. The molecule has 1 saturated heterocycles. The van der Waals surface area contributed by atoms with Crippen LogP contribution in [0.15, 0.2) is 0 Å². The van der Waals surface area contributed by atoms with E-state index in [9.17, 15) is 5.11 Å². The minimum Gasteiger partial charge on any atom is -0.389 e. The highest BCUT2D eigenvalue weighted by atomic mass is 16.3. The molecule has 0 amide bonds. The molecule has 0 bridgehead atoms. The summed E-state index contributed by atoms with van der Waals surface area (Å²) in [7, 11) is 0. The summed E-state index contributed by atoms with van der Waals surface area (Å²) in [6.45, 7) is 7.79. The molecule has 3 nitrogen and oxygen atoms in total. The maximum atomic E-state index is 10.2. The Morgan fingerprint density at radius 3 is 2.75 bits per heavy atom. The average molecular weight is 226 g/mol. The number of likely N-dealkylation sites (tertiary alicyclic amines) is 1. The van der Waals surface area contributed by atoms with Gasteiger partial charge in [0.2, 0.25) is 0 Å². The van der Waals surface area contributed by atoms with Crippen molar-refractivity contribution in [1.82, 2.24) is 10.2 Å². The van der Waals surface area contributed by atoms with E-state index in [4.69, 9.17) is 0 Å². The fraction of sp³-hybridized carbons (Fsp3) is 1.00. The van der Waals surface area contributed by atoms with Gasteiger partial charge in [-0.1, -0.05) is 19.8 Å². The maximum absolute atomic E-state index is 10.2. The number of hydrogen-bond donors (Lipinski definition) is 2. The van der Waals surface area contributed by atoms with Gasteiger partial charge >= 0.3 is 0 Å². The van der Waals surface area contributed by atoms with Crippen molar-refractivity contribution in [1.29, 1.82) is 0 Å².